The molecule has 0 spiro atoms. The monoisotopic (exact) mass is 435 g/mol. The van der Waals surface area contributed by atoms with Gasteiger partial charge >= 0.3 is 6.03 Å². The zero-order valence-corrected chi connectivity index (χ0v) is 18.9. The number of anilines is 1. The number of sulfonamides is 1. The van der Waals surface area contributed by atoms with Crippen LogP contribution in [0.25, 0.3) is 0 Å². The first-order valence-corrected chi connectivity index (χ1v) is 12.1. The lowest BCUT2D eigenvalue weighted by Gasteiger charge is -2.41. The first kappa shape index (κ1) is 22.6. The normalized spacial score (nSPS) is 22.0. The molecule has 0 aliphatic carbocycles. The highest BCUT2D eigenvalue weighted by Crippen LogP contribution is 2.27. The van der Waals surface area contributed by atoms with Gasteiger partial charge in [0, 0.05) is 44.0 Å². The van der Waals surface area contributed by atoms with E-state index >= 15 is 0 Å². The fourth-order valence-electron chi connectivity index (χ4n) is 4.24. The smallest absolute Gasteiger partial charge is 0.324 e. The van der Waals surface area contributed by atoms with Gasteiger partial charge in [-0.2, -0.15) is 0 Å². The number of amides is 2. The molecule has 3 N–H and O–H groups in total. The van der Waals surface area contributed by atoms with Crippen LogP contribution in [0, 0.1) is 17.2 Å². The Kier molecular flexibility index (Phi) is 6.71. The van der Waals surface area contributed by atoms with E-state index in [1.807, 2.05) is 17.0 Å². The summed E-state index contributed by atoms with van der Waals surface area (Å²) in [7, 11) is -3.21. The van der Waals surface area contributed by atoms with Gasteiger partial charge in [0.1, 0.15) is 5.84 Å². The Bertz CT molecular complexity index is 894. The molecule has 0 bridgehead atoms. The van der Waals surface area contributed by atoms with Crippen LogP contribution >= 0.6 is 0 Å². The van der Waals surface area contributed by atoms with Gasteiger partial charge in [0.15, 0.2) is 0 Å². The van der Waals surface area contributed by atoms with Crippen molar-refractivity contribution < 1.29 is 13.2 Å². The molecule has 2 aliphatic rings. The minimum atomic E-state index is -3.21. The van der Waals surface area contributed by atoms with Gasteiger partial charge in [-0.15, -0.1) is 0 Å². The number of rotatable bonds is 6. The number of nitrogens with two attached hydrogens (primary N) is 1. The largest absolute Gasteiger partial charge is 0.384 e. The number of hydrogen-bond acceptors (Lipinski definition) is 4. The molecule has 2 saturated heterocycles. The van der Waals surface area contributed by atoms with Crippen LogP contribution in [0.5, 0.6) is 0 Å². The quantitative estimate of drug-likeness (QED) is 0.527. The van der Waals surface area contributed by atoms with Crippen molar-refractivity contribution in [1.29, 1.82) is 5.41 Å². The van der Waals surface area contributed by atoms with Crippen LogP contribution in [0.2, 0.25) is 0 Å². The Morgan fingerprint density at radius 3 is 2.50 bits per heavy atom. The van der Waals surface area contributed by atoms with E-state index in [0.29, 0.717) is 50.1 Å². The van der Waals surface area contributed by atoms with E-state index in [-0.39, 0.29) is 11.9 Å². The minimum absolute atomic E-state index is 0.0191. The molecule has 1 aromatic rings. The van der Waals surface area contributed by atoms with Gasteiger partial charge in [-0.3, -0.25) is 10.3 Å². The fourth-order valence-corrected chi connectivity index (χ4v) is 5.55. The summed E-state index contributed by atoms with van der Waals surface area (Å²) in [6.07, 6.45) is 1.54. The maximum Gasteiger partial charge on any atom is 0.324 e. The van der Waals surface area contributed by atoms with Gasteiger partial charge in [-0.1, -0.05) is 19.1 Å². The summed E-state index contributed by atoms with van der Waals surface area (Å²) in [6, 6.07) is 7.20. The predicted octanol–water partition coefficient (Wildman–Crippen LogP) is 2.30. The number of amidine groups is 1. The van der Waals surface area contributed by atoms with E-state index in [1.165, 1.54) is 0 Å². The van der Waals surface area contributed by atoms with Gasteiger partial charge in [0.2, 0.25) is 10.0 Å². The highest BCUT2D eigenvalue weighted by molar-refractivity contribution is 7.89. The second kappa shape index (κ2) is 8.93. The Hall–Kier alpha value is -2.13. The number of carbonyl (C=O) groups excluding carboxylic acids is 1. The molecule has 2 heterocycles. The molecule has 0 aromatic heterocycles. The molecule has 2 fully saturated rings. The number of piperidine rings is 1. The topological polar surface area (TPSA) is 111 Å². The Morgan fingerprint density at radius 1 is 1.23 bits per heavy atom. The predicted molar refractivity (Wildman–Crippen MR) is 119 cm³/mol. The van der Waals surface area contributed by atoms with Gasteiger partial charge in [-0.25, -0.2) is 17.5 Å². The van der Waals surface area contributed by atoms with Crippen molar-refractivity contribution in [3.63, 3.8) is 0 Å². The first-order valence-electron chi connectivity index (χ1n) is 10.6. The number of carbonyl (C=O) groups is 1. The fraction of sp³-hybridized carbons (Fsp3) is 0.619. The molecule has 1 atom stereocenters. The third-order valence-electron chi connectivity index (χ3n) is 6.00. The van der Waals surface area contributed by atoms with Crippen molar-refractivity contribution in [3.8, 4) is 0 Å². The maximum absolute atomic E-state index is 13.2. The van der Waals surface area contributed by atoms with Crippen molar-refractivity contribution in [2.24, 2.45) is 17.6 Å². The zero-order valence-electron chi connectivity index (χ0n) is 18.0. The molecule has 3 rings (SSSR count). The Balaban J connectivity index is 1.67. The second-order valence-electron chi connectivity index (χ2n) is 8.80. The molecule has 0 saturated carbocycles. The van der Waals surface area contributed by atoms with E-state index in [4.69, 9.17) is 11.1 Å². The van der Waals surface area contributed by atoms with E-state index < -0.39 is 15.3 Å². The number of urea groups is 1. The van der Waals surface area contributed by atoms with Crippen LogP contribution in [0.4, 0.5) is 10.5 Å². The second-order valence-corrected chi connectivity index (χ2v) is 11.3. The third kappa shape index (κ3) is 4.78. The summed E-state index contributed by atoms with van der Waals surface area (Å²) in [5.74, 6) is 0.586. The standard InChI is InChI=1S/C21H33N5O3S/c1-15(2)30(28,29)25-9-7-17(8-10-25)14-24-12-16(3)13-26(21(24)27)19-6-4-5-18(11-19)20(22)23/h4-6,11,15-17H,7-10,12-14H2,1-3H3,(H3,22,23). The maximum atomic E-state index is 13.2. The van der Waals surface area contributed by atoms with Crippen LogP contribution in [0.3, 0.4) is 0 Å². The Labute approximate surface area is 179 Å². The summed E-state index contributed by atoms with van der Waals surface area (Å²) in [6.45, 7) is 8.56. The molecule has 8 nitrogen and oxygen atoms in total. The van der Waals surface area contributed by atoms with Crippen molar-refractivity contribution in [1.82, 2.24) is 9.21 Å². The summed E-state index contributed by atoms with van der Waals surface area (Å²) < 4.78 is 26.4. The van der Waals surface area contributed by atoms with E-state index in [9.17, 15) is 13.2 Å². The van der Waals surface area contributed by atoms with Crippen LogP contribution in [0.15, 0.2) is 24.3 Å². The van der Waals surface area contributed by atoms with Gasteiger partial charge in [0.05, 0.1) is 5.25 Å². The average Bonchev–Trinajstić information content (AvgIpc) is 2.70. The van der Waals surface area contributed by atoms with Gasteiger partial charge < -0.3 is 10.6 Å². The van der Waals surface area contributed by atoms with Crippen molar-refractivity contribution in [3.05, 3.63) is 29.8 Å². The number of nitrogens with one attached hydrogen (secondary N) is 1. The molecular weight excluding hydrogens is 402 g/mol. The first-order chi connectivity index (χ1) is 14.1. The van der Waals surface area contributed by atoms with Crippen LogP contribution in [-0.4, -0.2) is 67.5 Å². The van der Waals surface area contributed by atoms with Crippen LogP contribution < -0.4 is 10.6 Å². The van der Waals surface area contributed by atoms with Crippen molar-refractivity contribution >= 4 is 27.6 Å². The Morgan fingerprint density at radius 2 is 1.90 bits per heavy atom. The van der Waals surface area contributed by atoms with Crippen molar-refractivity contribution in [2.75, 3.05) is 37.6 Å². The van der Waals surface area contributed by atoms with Gasteiger partial charge in [0.25, 0.3) is 0 Å². The molecule has 2 aliphatic heterocycles. The summed E-state index contributed by atoms with van der Waals surface area (Å²) in [4.78, 5) is 16.9. The molecular formula is C21H33N5O3S. The molecule has 1 aromatic carbocycles. The summed E-state index contributed by atoms with van der Waals surface area (Å²) in [5, 5.41) is 7.24. The zero-order chi connectivity index (χ0) is 22.1. The van der Waals surface area contributed by atoms with E-state index in [2.05, 4.69) is 6.92 Å². The molecule has 2 amide bonds. The van der Waals surface area contributed by atoms with Gasteiger partial charge in [-0.05, 0) is 50.7 Å². The molecule has 30 heavy (non-hydrogen) atoms. The lowest BCUT2D eigenvalue weighted by molar-refractivity contribution is 0.154. The van der Waals surface area contributed by atoms with E-state index in [1.54, 1.807) is 35.2 Å². The lowest BCUT2D eigenvalue weighted by atomic mass is 9.96. The average molecular weight is 436 g/mol. The third-order valence-corrected chi connectivity index (χ3v) is 8.28. The number of nitrogen functional groups attached to an aromatic ring is 1. The summed E-state index contributed by atoms with van der Waals surface area (Å²) >= 11 is 0. The number of nitrogens with zero attached hydrogens (tertiary/aromatic N) is 3. The number of benzene rings is 1. The van der Waals surface area contributed by atoms with Crippen molar-refractivity contribution in [2.45, 2.75) is 38.9 Å². The van der Waals surface area contributed by atoms with Crippen LogP contribution in [0.1, 0.15) is 39.2 Å². The highest BCUT2D eigenvalue weighted by atomic mass is 32.2. The highest BCUT2D eigenvalue weighted by Gasteiger charge is 2.35. The lowest BCUT2D eigenvalue weighted by Crippen LogP contribution is -2.55. The number of hydrogen-bond donors (Lipinski definition) is 2. The molecule has 9 heteroatoms. The summed E-state index contributed by atoms with van der Waals surface area (Å²) in [5.41, 5.74) is 6.96. The molecule has 0 radical (unpaired) electrons. The minimum Gasteiger partial charge on any atom is -0.384 e. The molecule has 1 unspecified atom stereocenters. The SMILES string of the molecule is CC1CN(CC2CCN(S(=O)(=O)C(C)C)CC2)C(=O)N(c2cccc(C(=N)N)c2)C1. The van der Waals surface area contributed by atoms with Crippen LogP contribution in [-0.2, 0) is 10.0 Å². The molecule has 166 valence electrons. The van der Waals surface area contributed by atoms with E-state index in [0.717, 1.165) is 18.5 Å².